The summed E-state index contributed by atoms with van der Waals surface area (Å²) in [6.07, 6.45) is 0.631. The first-order valence-electron chi connectivity index (χ1n) is 13.1. The SMILES string of the molecule is CCOC(=O)C(Cc1cc(C)c(OCCc2nc(-c3ccc(C(C)(C)C)cc3)sc2C)c(C)c1)OCC. The van der Waals surface area contributed by atoms with Crippen molar-refractivity contribution in [3.63, 3.8) is 0 Å². The predicted octanol–water partition coefficient (Wildman–Crippen LogP) is 7.17. The van der Waals surface area contributed by atoms with Crippen LogP contribution in [-0.2, 0) is 32.5 Å². The average molecular weight is 524 g/mol. The fourth-order valence-electron chi connectivity index (χ4n) is 4.39. The molecule has 0 aliphatic carbocycles. The van der Waals surface area contributed by atoms with Crippen LogP contribution >= 0.6 is 11.3 Å². The largest absolute Gasteiger partial charge is 0.493 e. The molecule has 0 aliphatic heterocycles. The minimum absolute atomic E-state index is 0.139. The Morgan fingerprint density at radius 2 is 1.65 bits per heavy atom. The molecule has 0 saturated heterocycles. The lowest BCUT2D eigenvalue weighted by Crippen LogP contribution is -2.29. The van der Waals surface area contributed by atoms with Gasteiger partial charge in [-0.15, -0.1) is 11.3 Å². The quantitative estimate of drug-likeness (QED) is 0.250. The highest BCUT2D eigenvalue weighted by molar-refractivity contribution is 7.15. The molecule has 0 amide bonds. The smallest absolute Gasteiger partial charge is 0.335 e. The molecule has 1 atom stereocenters. The van der Waals surface area contributed by atoms with Gasteiger partial charge >= 0.3 is 5.97 Å². The number of carbonyl (C=O) groups is 1. The molecule has 37 heavy (non-hydrogen) atoms. The van der Waals surface area contributed by atoms with E-state index in [0.29, 0.717) is 26.2 Å². The zero-order valence-corrected chi connectivity index (χ0v) is 24.4. The molecule has 5 nitrogen and oxygen atoms in total. The molecular weight excluding hydrogens is 482 g/mol. The maximum Gasteiger partial charge on any atom is 0.335 e. The molecular formula is C31H41NO4S. The first kappa shape index (κ1) is 28.9. The first-order valence-corrected chi connectivity index (χ1v) is 13.9. The van der Waals surface area contributed by atoms with E-state index in [1.807, 2.05) is 20.8 Å². The Labute approximate surface area is 226 Å². The van der Waals surface area contributed by atoms with Crippen molar-refractivity contribution in [1.29, 1.82) is 0 Å². The summed E-state index contributed by atoms with van der Waals surface area (Å²) in [5.74, 6) is 0.571. The molecule has 3 rings (SSSR count). The number of hydrogen-bond donors (Lipinski definition) is 0. The van der Waals surface area contributed by atoms with E-state index >= 15 is 0 Å². The highest BCUT2D eigenvalue weighted by Crippen LogP contribution is 2.31. The number of benzene rings is 2. The second kappa shape index (κ2) is 12.7. The van der Waals surface area contributed by atoms with Crippen molar-refractivity contribution in [1.82, 2.24) is 4.98 Å². The molecule has 200 valence electrons. The van der Waals surface area contributed by atoms with Crippen LogP contribution < -0.4 is 4.74 Å². The third kappa shape index (κ3) is 7.65. The Morgan fingerprint density at radius 1 is 1.00 bits per heavy atom. The van der Waals surface area contributed by atoms with Crippen LogP contribution in [0.2, 0.25) is 0 Å². The Morgan fingerprint density at radius 3 is 2.22 bits per heavy atom. The van der Waals surface area contributed by atoms with Gasteiger partial charge in [0, 0.05) is 29.9 Å². The van der Waals surface area contributed by atoms with Crippen molar-refractivity contribution in [2.75, 3.05) is 19.8 Å². The van der Waals surface area contributed by atoms with Gasteiger partial charge in [-0.05, 0) is 62.3 Å². The molecule has 0 spiro atoms. The van der Waals surface area contributed by atoms with Gasteiger partial charge < -0.3 is 14.2 Å². The minimum atomic E-state index is -0.595. The number of hydrogen-bond acceptors (Lipinski definition) is 6. The molecule has 0 bridgehead atoms. The van der Waals surface area contributed by atoms with Crippen LogP contribution in [0.3, 0.4) is 0 Å². The van der Waals surface area contributed by atoms with Crippen LogP contribution in [0.25, 0.3) is 10.6 Å². The van der Waals surface area contributed by atoms with E-state index < -0.39 is 6.10 Å². The van der Waals surface area contributed by atoms with E-state index in [4.69, 9.17) is 19.2 Å². The summed E-state index contributed by atoms with van der Waals surface area (Å²) >= 11 is 1.73. The van der Waals surface area contributed by atoms with Crippen molar-refractivity contribution in [3.05, 3.63) is 69.2 Å². The summed E-state index contributed by atoms with van der Waals surface area (Å²) in [4.78, 5) is 18.4. The summed E-state index contributed by atoms with van der Waals surface area (Å²) in [7, 11) is 0. The van der Waals surface area contributed by atoms with Gasteiger partial charge in [-0.25, -0.2) is 9.78 Å². The van der Waals surface area contributed by atoms with Crippen molar-refractivity contribution in [2.24, 2.45) is 0 Å². The van der Waals surface area contributed by atoms with Gasteiger partial charge in [0.15, 0.2) is 6.10 Å². The van der Waals surface area contributed by atoms with Crippen LogP contribution in [0.15, 0.2) is 36.4 Å². The molecule has 0 aliphatic rings. The molecule has 0 radical (unpaired) electrons. The molecule has 1 heterocycles. The monoisotopic (exact) mass is 523 g/mol. The third-order valence-electron chi connectivity index (χ3n) is 6.33. The van der Waals surface area contributed by atoms with Crippen molar-refractivity contribution in [2.45, 2.75) is 79.8 Å². The van der Waals surface area contributed by atoms with Gasteiger partial charge in [0.1, 0.15) is 10.8 Å². The molecule has 0 saturated carbocycles. The number of esters is 1. The normalized spacial score (nSPS) is 12.4. The lowest BCUT2D eigenvalue weighted by atomic mass is 9.87. The third-order valence-corrected chi connectivity index (χ3v) is 7.40. The van der Waals surface area contributed by atoms with E-state index in [-0.39, 0.29) is 11.4 Å². The number of rotatable bonds is 11. The number of thiazole rings is 1. The summed E-state index contributed by atoms with van der Waals surface area (Å²) in [6.45, 7) is 17.9. The second-order valence-electron chi connectivity index (χ2n) is 10.4. The van der Waals surface area contributed by atoms with Gasteiger partial charge in [-0.1, -0.05) is 57.2 Å². The fraction of sp³-hybridized carbons (Fsp3) is 0.484. The maximum atomic E-state index is 12.2. The van der Waals surface area contributed by atoms with E-state index in [9.17, 15) is 4.79 Å². The van der Waals surface area contributed by atoms with Gasteiger partial charge in [0.05, 0.1) is 18.9 Å². The lowest BCUT2D eigenvalue weighted by molar-refractivity contribution is -0.156. The summed E-state index contributed by atoms with van der Waals surface area (Å²) < 4.78 is 17.0. The first-order chi connectivity index (χ1) is 17.5. The number of aryl methyl sites for hydroxylation is 3. The maximum absolute atomic E-state index is 12.2. The molecule has 1 unspecified atom stereocenters. The Bertz CT molecular complexity index is 1170. The summed E-state index contributed by atoms with van der Waals surface area (Å²) in [5, 5.41) is 1.05. The molecule has 2 aromatic carbocycles. The van der Waals surface area contributed by atoms with E-state index in [1.54, 1.807) is 18.3 Å². The Hall–Kier alpha value is -2.70. The van der Waals surface area contributed by atoms with Crippen molar-refractivity contribution in [3.8, 4) is 16.3 Å². The number of nitrogens with zero attached hydrogens (tertiary/aromatic N) is 1. The van der Waals surface area contributed by atoms with E-state index in [0.717, 1.165) is 45.1 Å². The van der Waals surface area contributed by atoms with E-state index in [2.05, 4.69) is 64.1 Å². The Balaban J connectivity index is 1.65. The zero-order chi connectivity index (χ0) is 27.2. The number of ether oxygens (including phenoxy) is 3. The topological polar surface area (TPSA) is 57.7 Å². The van der Waals surface area contributed by atoms with Crippen LogP contribution in [0.5, 0.6) is 5.75 Å². The predicted molar refractivity (Wildman–Crippen MR) is 152 cm³/mol. The molecule has 0 fully saturated rings. The Kier molecular flexibility index (Phi) is 9.91. The van der Waals surface area contributed by atoms with Gasteiger partial charge in [-0.3, -0.25) is 0 Å². The fourth-order valence-corrected chi connectivity index (χ4v) is 5.36. The molecule has 6 heteroatoms. The highest BCUT2D eigenvalue weighted by atomic mass is 32.1. The standard InChI is InChI=1S/C31H41NO4S/c1-9-34-27(30(33)35-10-2)19-23-17-20(3)28(21(4)18-23)36-16-15-26-22(5)37-29(32-26)24-11-13-25(14-12-24)31(6,7)8/h11-14,17-18,27H,9-10,15-16,19H2,1-8H3. The van der Waals surface area contributed by atoms with Crippen LogP contribution in [0.1, 0.15) is 67.4 Å². The van der Waals surface area contributed by atoms with Gasteiger partial charge in [-0.2, -0.15) is 0 Å². The molecule has 0 N–H and O–H groups in total. The number of carbonyl (C=O) groups excluding carboxylic acids is 1. The van der Waals surface area contributed by atoms with Crippen molar-refractivity contribution >= 4 is 17.3 Å². The lowest BCUT2D eigenvalue weighted by Gasteiger charge is -2.18. The van der Waals surface area contributed by atoms with E-state index in [1.165, 1.54) is 10.4 Å². The minimum Gasteiger partial charge on any atom is -0.493 e. The van der Waals surface area contributed by atoms with Crippen molar-refractivity contribution < 1.29 is 19.0 Å². The highest BCUT2D eigenvalue weighted by Gasteiger charge is 2.21. The van der Waals surface area contributed by atoms with Gasteiger partial charge in [0.25, 0.3) is 0 Å². The summed E-state index contributed by atoms with van der Waals surface area (Å²) in [5.41, 5.74) is 6.83. The second-order valence-corrected chi connectivity index (χ2v) is 11.6. The van der Waals surface area contributed by atoms with Crippen LogP contribution in [0.4, 0.5) is 0 Å². The zero-order valence-electron chi connectivity index (χ0n) is 23.6. The van der Waals surface area contributed by atoms with Crippen LogP contribution in [0, 0.1) is 20.8 Å². The molecule has 3 aromatic rings. The van der Waals surface area contributed by atoms with Gasteiger partial charge in [0.2, 0.25) is 0 Å². The molecule has 1 aromatic heterocycles. The summed E-state index contributed by atoms with van der Waals surface area (Å²) in [6, 6.07) is 12.9. The number of aromatic nitrogens is 1. The average Bonchev–Trinajstić information content (AvgIpc) is 3.20. The van der Waals surface area contributed by atoms with Crippen LogP contribution in [-0.4, -0.2) is 36.9 Å².